The van der Waals surface area contributed by atoms with Gasteiger partial charge in [0.05, 0.1) is 53.0 Å². The molecule has 0 aromatic heterocycles. The number of benzene rings is 2. The first-order chi connectivity index (χ1) is 27.8. The van der Waals surface area contributed by atoms with Crippen LogP contribution >= 0.6 is 0 Å². The van der Waals surface area contributed by atoms with Gasteiger partial charge in [0, 0.05) is 61.2 Å². The summed E-state index contributed by atoms with van der Waals surface area (Å²) in [7, 11) is 1.43. The first kappa shape index (κ1) is 46.3. The molecule has 5 bridgehead atoms. The number of carbonyl (C=O) groups is 3. The summed E-state index contributed by atoms with van der Waals surface area (Å²) in [5.41, 5.74) is -0.627. The second-order valence-electron chi connectivity index (χ2n) is 15.4. The summed E-state index contributed by atoms with van der Waals surface area (Å²) >= 11 is 0. The van der Waals surface area contributed by atoms with Crippen molar-refractivity contribution in [2.45, 2.75) is 105 Å². The summed E-state index contributed by atoms with van der Waals surface area (Å²) in [6, 6.07) is 0. The number of ketones is 1. The first-order valence-electron chi connectivity index (χ1n) is 19.7. The maximum atomic E-state index is 14.4. The standard InChI is InChI=1S/C44H58N2O13/c1-11-12-13-14-19-57-45-21-29-34-39(52)32-31(38(29)51)33-41(27(7)37(32)50)59-44(9,42(33)53)56-20-18-30(55-10)24(4)40(58-28(8)47)26(6)36(49)25(5)35(48)22(2)16-15-17-23(3)43(54)46-34/h13-18,20-22,24-26,30,35-36,40,48-52H,11-12,19H2,1-10H3,(H,46,54)/b14-13+,16-15+,20-18+,23-17-,45-21+. The zero-order valence-corrected chi connectivity index (χ0v) is 35.3. The van der Waals surface area contributed by atoms with Gasteiger partial charge in [0.2, 0.25) is 0 Å². The number of aliphatic hydroxyl groups is 2. The number of hydrogen-bond acceptors (Lipinski definition) is 14. The highest BCUT2D eigenvalue weighted by Crippen LogP contribution is 2.55. The number of oxime groups is 1. The van der Waals surface area contributed by atoms with Crippen LogP contribution in [0.5, 0.6) is 23.0 Å². The summed E-state index contributed by atoms with van der Waals surface area (Å²) in [5, 5.41) is 64.0. The van der Waals surface area contributed by atoms with Crippen LogP contribution in [0.4, 0.5) is 5.69 Å². The lowest BCUT2D eigenvalue weighted by Crippen LogP contribution is -2.46. The number of amides is 1. The van der Waals surface area contributed by atoms with Gasteiger partial charge in [0.1, 0.15) is 30.0 Å². The number of unbranched alkanes of at least 4 members (excludes halogenated alkanes) is 1. The third-order valence-corrected chi connectivity index (χ3v) is 11.1. The number of hydrogen-bond donors (Lipinski definition) is 6. The van der Waals surface area contributed by atoms with Crippen molar-refractivity contribution in [2.24, 2.45) is 28.8 Å². The SMILES string of the molecule is CCC/C=C/CO/N=C/c1c2c(O)c3c(O)c(C)c4c(c3c1O)C(=O)C(C)(O/C=C/C(OC)C(C)C(OC(C)=O)C(C)C(O)C(C)C(O)C(C)/C=C/C=C(/C)C(=O)N2)O4. The highest BCUT2D eigenvalue weighted by Gasteiger charge is 2.50. The Bertz CT molecular complexity index is 2050. The predicted molar refractivity (Wildman–Crippen MR) is 221 cm³/mol. The largest absolute Gasteiger partial charge is 0.507 e. The van der Waals surface area contributed by atoms with E-state index in [4.69, 9.17) is 23.8 Å². The van der Waals surface area contributed by atoms with Crippen LogP contribution in [-0.4, -0.2) is 93.3 Å². The Morgan fingerprint density at radius 2 is 1.66 bits per heavy atom. The van der Waals surface area contributed by atoms with Crippen molar-refractivity contribution in [3.63, 3.8) is 0 Å². The normalized spacial score (nSPS) is 30.2. The molecule has 2 aromatic carbocycles. The number of nitrogens with one attached hydrogen (secondary N) is 1. The van der Waals surface area contributed by atoms with E-state index in [-0.39, 0.29) is 51.1 Å². The molecule has 322 valence electrons. The third kappa shape index (κ3) is 9.75. The molecule has 1 amide bonds. The van der Waals surface area contributed by atoms with Crippen molar-refractivity contribution < 1.29 is 63.7 Å². The number of rotatable bonds is 8. The van der Waals surface area contributed by atoms with Gasteiger partial charge < -0.3 is 54.6 Å². The molecule has 0 saturated heterocycles. The molecule has 9 atom stereocenters. The lowest BCUT2D eigenvalue weighted by molar-refractivity contribution is -0.160. The average Bonchev–Trinajstić information content (AvgIpc) is 3.46. The zero-order chi connectivity index (χ0) is 43.9. The molecule has 0 saturated carbocycles. The Kier molecular flexibility index (Phi) is 15.4. The predicted octanol–water partition coefficient (Wildman–Crippen LogP) is 6.46. The third-order valence-electron chi connectivity index (χ3n) is 11.1. The summed E-state index contributed by atoms with van der Waals surface area (Å²) in [5.74, 6) is -8.66. The van der Waals surface area contributed by atoms with Gasteiger partial charge in [-0.2, -0.15) is 0 Å². The fourth-order valence-corrected chi connectivity index (χ4v) is 7.40. The van der Waals surface area contributed by atoms with E-state index in [1.807, 2.05) is 13.0 Å². The molecule has 15 nitrogen and oxygen atoms in total. The number of ether oxygens (including phenoxy) is 4. The van der Waals surface area contributed by atoms with E-state index in [1.54, 1.807) is 45.9 Å². The highest BCUT2D eigenvalue weighted by molar-refractivity contribution is 6.23. The molecule has 0 aliphatic carbocycles. The topological polar surface area (TPSA) is 223 Å². The highest BCUT2D eigenvalue weighted by atomic mass is 16.7. The van der Waals surface area contributed by atoms with E-state index in [0.29, 0.717) is 0 Å². The Labute approximate surface area is 344 Å². The Morgan fingerprint density at radius 1 is 0.966 bits per heavy atom. The lowest BCUT2D eigenvalue weighted by atomic mass is 9.78. The van der Waals surface area contributed by atoms with E-state index in [9.17, 15) is 39.9 Å². The molecule has 59 heavy (non-hydrogen) atoms. The Balaban J connectivity index is 1.95. The van der Waals surface area contributed by atoms with Gasteiger partial charge in [0.15, 0.2) is 5.75 Å². The van der Waals surface area contributed by atoms with Crippen molar-refractivity contribution in [1.29, 1.82) is 0 Å². The van der Waals surface area contributed by atoms with E-state index < -0.39 is 88.8 Å². The van der Waals surface area contributed by atoms with Crippen molar-refractivity contribution in [3.8, 4) is 23.0 Å². The van der Waals surface area contributed by atoms with E-state index in [0.717, 1.165) is 19.1 Å². The molecule has 9 unspecified atom stereocenters. The minimum absolute atomic E-state index is 0.0326. The number of phenols is 3. The van der Waals surface area contributed by atoms with Gasteiger partial charge >= 0.3 is 11.8 Å². The van der Waals surface area contributed by atoms with E-state index in [2.05, 4.69) is 10.5 Å². The monoisotopic (exact) mass is 822 g/mol. The van der Waals surface area contributed by atoms with E-state index in [1.165, 1.54) is 53.2 Å². The van der Waals surface area contributed by atoms with Crippen LogP contribution in [0.25, 0.3) is 10.8 Å². The number of fused-ring (bicyclic) bond motifs is 14. The molecule has 0 spiro atoms. The summed E-state index contributed by atoms with van der Waals surface area (Å²) in [6.07, 6.45) is 9.94. The number of aromatic hydroxyl groups is 3. The van der Waals surface area contributed by atoms with Crippen molar-refractivity contribution in [3.05, 3.63) is 65.0 Å². The van der Waals surface area contributed by atoms with Gasteiger partial charge in [-0.3, -0.25) is 14.4 Å². The molecule has 0 fully saturated rings. The summed E-state index contributed by atoms with van der Waals surface area (Å²) in [6.45, 7) is 14.5. The number of methoxy groups -OCH3 is 1. The Morgan fingerprint density at radius 3 is 2.31 bits per heavy atom. The molecule has 2 aromatic rings. The maximum absolute atomic E-state index is 14.4. The number of allylic oxidation sites excluding steroid dienone is 3. The second kappa shape index (κ2) is 19.6. The van der Waals surface area contributed by atoms with Crippen molar-refractivity contribution >= 4 is 40.3 Å². The molecule has 3 heterocycles. The molecular formula is C44H58N2O13. The fraction of sp³-hybridized carbons (Fsp3) is 0.500. The average molecular weight is 823 g/mol. The molecule has 3 aliphatic heterocycles. The van der Waals surface area contributed by atoms with Gasteiger partial charge in [-0.15, -0.1) is 0 Å². The number of phenolic OH excluding ortho intramolecular Hbond substituents is 3. The molecule has 5 rings (SSSR count). The first-order valence-corrected chi connectivity index (χ1v) is 19.7. The number of nitrogens with zero attached hydrogens (tertiary/aromatic N) is 1. The van der Waals surface area contributed by atoms with Crippen LogP contribution in [0, 0.1) is 30.6 Å². The number of carbonyl (C=O) groups excluding carboxylic acids is 3. The second-order valence-corrected chi connectivity index (χ2v) is 15.4. The minimum atomic E-state index is -2.06. The van der Waals surface area contributed by atoms with Gasteiger partial charge in [0.25, 0.3) is 11.7 Å². The Hall–Kier alpha value is -5.38. The van der Waals surface area contributed by atoms with Crippen LogP contribution in [0.15, 0.2) is 53.4 Å². The van der Waals surface area contributed by atoms with Crippen LogP contribution in [0.1, 0.15) is 89.7 Å². The smallest absolute Gasteiger partial charge is 0.312 e. The number of Topliss-reactive ketones (excluding diaryl/α,β-unsaturated/α-hetero) is 1. The number of esters is 1. The van der Waals surface area contributed by atoms with Gasteiger partial charge in [-0.1, -0.05) is 70.5 Å². The molecule has 6 N–H and O–H groups in total. The van der Waals surface area contributed by atoms with Crippen molar-refractivity contribution in [1.82, 2.24) is 0 Å². The minimum Gasteiger partial charge on any atom is -0.507 e. The molecule has 15 heteroatoms. The zero-order valence-electron chi connectivity index (χ0n) is 35.3. The van der Waals surface area contributed by atoms with Crippen molar-refractivity contribution in [2.75, 3.05) is 19.0 Å². The van der Waals surface area contributed by atoms with Crippen LogP contribution in [-0.2, 0) is 28.6 Å². The van der Waals surface area contributed by atoms with Gasteiger partial charge in [-0.25, -0.2) is 0 Å². The van der Waals surface area contributed by atoms with Crippen LogP contribution in [0.2, 0.25) is 0 Å². The van der Waals surface area contributed by atoms with E-state index >= 15 is 0 Å². The summed E-state index contributed by atoms with van der Waals surface area (Å²) in [4.78, 5) is 45.7. The molecular weight excluding hydrogens is 764 g/mol. The van der Waals surface area contributed by atoms with Gasteiger partial charge in [-0.05, 0) is 32.4 Å². The van der Waals surface area contributed by atoms with Crippen LogP contribution < -0.4 is 10.1 Å². The molecule has 3 aliphatic rings. The molecule has 0 radical (unpaired) electrons. The number of aliphatic hydroxyl groups excluding tert-OH is 2. The lowest BCUT2D eigenvalue weighted by Gasteiger charge is -2.38. The summed E-state index contributed by atoms with van der Waals surface area (Å²) < 4.78 is 23.5. The quantitative estimate of drug-likeness (QED) is 0.0320. The number of anilines is 1. The maximum Gasteiger partial charge on any atom is 0.312 e. The fourth-order valence-electron chi connectivity index (χ4n) is 7.40. The van der Waals surface area contributed by atoms with Crippen LogP contribution in [0.3, 0.4) is 0 Å².